The molecule has 5 atom stereocenters. The first-order valence-electron chi connectivity index (χ1n) is 7.57. The molecule has 0 aliphatic heterocycles. The summed E-state index contributed by atoms with van der Waals surface area (Å²) in [6, 6.07) is 0. The summed E-state index contributed by atoms with van der Waals surface area (Å²) in [5.41, 5.74) is 1.01. The van der Waals surface area contributed by atoms with E-state index in [1.54, 1.807) is 0 Å². The molecule has 0 saturated heterocycles. The quantitative estimate of drug-likeness (QED) is 0.564. The van der Waals surface area contributed by atoms with Gasteiger partial charge in [-0.15, -0.1) is 0 Å². The third-order valence-corrected chi connectivity index (χ3v) is 7.01. The van der Waals surface area contributed by atoms with Crippen molar-refractivity contribution in [2.75, 3.05) is 0 Å². The van der Waals surface area contributed by atoms with Gasteiger partial charge in [0.15, 0.2) is 0 Å². The first kappa shape index (κ1) is 11.8. The Bertz CT molecular complexity index is 347. The van der Waals surface area contributed by atoms with Gasteiger partial charge in [0, 0.05) is 0 Å². The maximum atomic E-state index is 2.54. The Morgan fingerprint density at radius 2 is 1.71 bits per heavy atom. The number of hydrogen-bond donors (Lipinski definition) is 0. The van der Waals surface area contributed by atoms with Gasteiger partial charge in [0.2, 0.25) is 0 Å². The van der Waals surface area contributed by atoms with Gasteiger partial charge in [0.25, 0.3) is 0 Å². The molecule has 17 heavy (non-hydrogen) atoms. The van der Waals surface area contributed by atoms with Gasteiger partial charge in [-0.3, -0.25) is 0 Å². The lowest BCUT2D eigenvalue weighted by Crippen LogP contribution is -2.51. The molecule has 0 aromatic heterocycles. The third kappa shape index (κ3) is 1.36. The summed E-state index contributed by atoms with van der Waals surface area (Å²) in [5, 5.41) is 0. The first-order valence-corrected chi connectivity index (χ1v) is 7.57. The van der Waals surface area contributed by atoms with Crippen LogP contribution in [-0.2, 0) is 0 Å². The molecule has 0 N–H and O–H groups in total. The van der Waals surface area contributed by atoms with E-state index in [2.05, 4.69) is 46.8 Å². The summed E-state index contributed by atoms with van der Waals surface area (Å²) in [6.45, 7) is 12.5. The van der Waals surface area contributed by atoms with E-state index in [4.69, 9.17) is 0 Å². The Balaban J connectivity index is 2.01. The minimum absolute atomic E-state index is 0.501. The summed E-state index contributed by atoms with van der Waals surface area (Å²) < 4.78 is 0. The summed E-state index contributed by atoms with van der Waals surface area (Å²) in [4.78, 5) is 0. The van der Waals surface area contributed by atoms with Crippen molar-refractivity contribution in [1.29, 1.82) is 0 Å². The second-order valence-electron chi connectivity index (χ2n) is 8.01. The highest BCUT2D eigenvalue weighted by molar-refractivity contribution is 5.18. The topological polar surface area (TPSA) is 0 Å². The molecular formula is C17H28. The van der Waals surface area contributed by atoms with Gasteiger partial charge < -0.3 is 0 Å². The van der Waals surface area contributed by atoms with Crippen LogP contribution in [0.2, 0.25) is 0 Å². The lowest BCUT2D eigenvalue weighted by Gasteiger charge is -2.58. The van der Waals surface area contributed by atoms with Crippen molar-refractivity contribution in [2.45, 2.75) is 53.9 Å². The normalized spacial score (nSPS) is 49.4. The average Bonchev–Trinajstić information content (AvgIpc) is 2.79. The minimum atomic E-state index is 0.501. The van der Waals surface area contributed by atoms with Crippen LogP contribution in [0.25, 0.3) is 0 Å². The molecule has 2 fully saturated rings. The molecule has 2 bridgehead atoms. The smallest absolute Gasteiger partial charge is 0.0194 e. The third-order valence-electron chi connectivity index (χ3n) is 7.01. The summed E-state index contributed by atoms with van der Waals surface area (Å²) in [5.74, 6) is 4.77. The minimum Gasteiger partial charge on any atom is -0.0848 e. The average molecular weight is 232 g/mol. The molecule has 3 aliphatic carbocycles. The fraction of sp³-hybridized carbons (Fsp3) is 0.882. The fourth-order valence-electron chi connectivity index (χ4n) is 5.46. The Labute approximate surface area is 107 Å². The van der Waals surface area contributed by atoms with E-state index >= 15 is 0 Å². The van der Waals surface area contributed by atoms with E-state index < -0.39 is 0 Å². The Morgan fingerprint density at radius 3 is 2.35 bits per heavy atom. The molecule has 0 aromatic carbocycles. The Kier molecular flexibility index (Phi) is 2.36. The molecule has 0 heterocycles. The molecule has 0 nitrogen and oxygen atoms in total. The molecule has 0 amide bonds. The first-order chi connectivity index (χ1) is 7.88. The zero-order valence-electron chi connectivity index (χ0n) is 12.2. The SMILES string of the molecule is CCC1C2C3C=CC(C3)C2CC(C)(C)C1(C)C. The van der Waals surface area contributed by atoms with Gasteiger partial charge >= 0.3 is 0 Å². The van der Waals surface area contributed by atoms with Gasteiger partial charge in [0.1, 0.15) is 0 Å². The van der Waals surface area contributed by atoms with E-state index in [9.17, 15) is 0 Å². The van der Waals surface area contributed by atoms with Crippen LogP contribution in [0.3, 0.4) is 0 Å². The summed E-state index contributed by atoms with van der Waals surface area (Å²) in [6.07, 6.45) is 9.37. The van der Waals surface area contributed by atoms with Crippen molar-refractivity contribution >= 4 is 0 Å². The Morgan fingerprint density at radius 1 is 1.06 bits per heavy atom. The zero-order valence-corrected chi connectivity index (χ0v) is 12.2. The molecular weight excluding hydrogens is 204 g/mol. The van der Waals surface area contributed by atoms with Crippen LogP contribution >= 0.6 is 0 Å². The number of hydrogen-bond acceptors (Lipinski definition) is 0. The molecule has 2 saturated carbocycles. The van der Waals surface area contributed by atoms with Crippen LogP contribution in [0.15, 0.2) is 12.2 Å². The van der Waals surface area contributed by atoms with Crippen LogP contribution < -0.4 is 0 Å². The maximum absolute atomic E-state index is 2.54. The molecule has 0 spiro atoms. The predicted molar refractivity (Wildman–Crippen MR) is 73.7 cm³/mol. The van der Waals surface area contributed by atoms with Crippen LogP contribution in [-0.4, -0.2) is 0 Å². The fourth-order valence-corrected chi connectivity index (χ4v) is 5.46. The van der Waals surface area contributed by atoms with Crippen molar-refractivity contribution in [3.05, 3.63) is 12.2 Å². The summed E-state index contributed by atoms with van der Waals surface area (Å²) >= 11 is 0. The molecule has 3 rings (SSSR count). The van der Waals surface area contributed by atoms with Crippen LogP contribution in [0.5, 0.6) is 0 Å². The molecule has 96 valence electrons. The number of fused-ring (bicyclic) bond motifs is 5. The predicted octanol–water partition coefficient (Wildman–Crippen LogP) is 4.91. The zero-order chi connectivity index (χ0) is 12.4. The van der Waals surface area contributed by atoms with Gasteiger partial charge in [-0.1, -0.05) is 53.2 Å². The maximum Gasteiger partial charge on any atom is -0.0194 e. The molecule has 3 aliphatic rings. The van der Waals surface area contributed by atoms with E-state index in [0.717, 1.165) is 29.6 Å². The van der Waals surface area contributed by atoms with Crippen molar-refractivity contribution < 1.29 is 0 Å². The van der Waals surface area contributed by atoms with Gasteiger partial charge in [0.05, 0.1) is 0 Å². The number of allylic oxidation sites excluding steroid dienone is 2. The van der Waals surface area contributed by atoms with Crippen molar-refractivity contribution in [2.24, 2.45) is 40.4 Å². The Hall–Kier alpha value is -0.260. The van der Waals surface area contributed by atoms with E-state index in [-0.39, 0.29) is 0 Å². The monoisotopic (exact) mass is 232 g/mol. The van der Waals surface area contributed by atoms with Crippen molar-refractivity contribution in [3.8, 4) is 0 Å². The van der Waals surface area contributed by atoms with E-state index in [0.29, 0.717) is 10.8 Å². The van der Waals surface area contributed by atoms with Crippen molar-refractivity contribution in [1.82, 2.24) is 0 Å². The molecule has 0 aromatic rings. The van der Waals surface area contributed by atoms with Gasteiger partial charge in [-0.05, 0) is 53.3 Å². The molecule has 0 radical (unpaired) electrons. The van der Waals surface area contributed by atoms with Crippen LogP contribution in [0, 0.1) is 40.4 Å². The lowest BCUT2D eigenvalue weighted by molar-refractivity contribution is -0.0844. The number of rotatable bonds is 1. The summed E-state index contributed by atoms with van der Waals surface area (Å²) in [7, 11) is 0. The second-order valence-corrected chi connectivity index (χ2v) is 8.01. The van der Waals surface area contributed by atoms with E-state index in [1.165, 1.54) is 19.3 Å². The van der Waals surface area contributed by atoms with Crippen LogP contribution in [0.4, 0.5) is 0 Å². The molecule has 5 unspecified atom stereocenters. The standard InChI is InChI=1S/C17H28/c1-6-14-15-12-8-7-11(9-12)13(15)10-16(2,3)17(14,4)5/h7-8,11-15H,6,9-10H2,1-5H3. The largest absolute Gasteiger partial charge is 0.0848 e. The lowest BCUT2D eigenvalue weighted by atomic mass is 9.47. The highest BCUT2D eigenvalue weighted by atomic mass is 14.6. The van der Waals surface area contributed by atoms with Crippen LogP contribution in [0.1, 0.15) is 53.9 Å². The highest BCUT2D eigenvalue weighted by Crippen LogP contribution is 2.66. The van der Waals surface area contributed by atoms with E-state index in [1.807, 2.05) is 0 Å². The van der Waals surface area contributed by atoms with Gasteiger partial charge in [-0.25, -0.2) is 0 Å². The van der Waals surface area contributed by atoms with Gasteiger partial charge in [-0.2, -0.15) is 0 Å². The van der Waals surface area contributed by atoms with Crippen molar-refractivity contribution in [3.63, 3.8) is 0 Å². The molecule has 0 heteroatoms. The highest BCUT2D eigenvalue weighted by Gasteiger charge is 2.59. The second kappa shape index (κ2) is 3.39.